The van der Waals surface area contributed by atoms with Gasteiger partial charge < -0.3 is 9.53 Å². The van der Waals surface area contributed by atoms with Crippen LogP contribution in [-0.2, 0) is 4.43 Å². The molecule has 1 N–H and O–H groups in total. The zero-order valence-corrected chi connectivity index (χ0v) is 16.6. The molecule has 0 aliphatic carbocycles. The molecule has 2 nitrogen and oxygen atoms in total. The van der Waals surface area contributed by atoms with Crippen molar-refractivity contribution in [1.29, 1.82) is 0 Å². The molecule has 0 radical (unpaired) electrons. The van der Waals surface area contributed by atoms with Crippen LogP contribution in [0.2, 0.25) is 18.1 Å². The Balaban J connectivity index is 5.05. The van der Waals surface area contributed by atoms with Gasteiger partial charge in [0, 0.05) is 0 Å². The second-order valence-electron chi connectivity index (χ2n) is 7.60. The first-order chi connectivity index (χ1) is 9.46. The van der Waals surface area contributed by atoms with Crippen molar-refractivity contribution in [2.45, 2.75) is 79.1 Å². The van der Waals surface area contributed by atoms with Crippen LogP contribution in [-0.4, -0.2) is 26.1 Å². The molecule has 0 spiro atoms. The Labute approximate surface area is 133 Å². The highest BCUT2D eigenvalue weighted by Crippen LogP contribution is 2.38. The summed E-state index contributed by atoms with van der Waals surface area (Å²) in [7, 11) is -1.73. The lowest BCUT2D eigenvalue weighted by molar-refractivity contribution is 0.141. The van der Waals surface area contributed by atoms with Crippen LogP contribution in [0.25, 0.3) is 0 Å². The summed E-state index contributed by atoms with van der Waals surface area (Å²) in [4.78, 5) is 0. The predicted octanol–water partition coefficient (Wildman–Crippen LogP) is 5.31. The van der Waals surface area contributed by atoms with Crippen LogP contribution >= 0.6 is 0 Å². The fourth-order valence-electron chi connectivity index (χ4n) is 2.05. The lowest BCUT2D eigenvalue weighted by atomic mass is 9.97. The van der Waals surface area contributed by atoms with E-state index in [-0.39, 0.29) is 17.7 Å². The van der Waals surface area contributed by atoms with Gasteiger partial charge in [-0.15, -0.1) is 0 Å². The molecule has 0 unspecified atom stereocenters. The Morgan fingerprint density at radius 3 is 2.10 bits per heavy atom. The van der Waals surface area contributed by atoms with Crippen molar-refractivity contribution in [3.63, 3.8) is 0 Å². The fourth-order valence-corrected chi connectivity index (χ4v) is 3.54. The average Bonchev–Trinajstić information content (AvgIpc) is 2.34. The molecule has 0 aromatic carbocycles. The lowest BCUT2D eigenvalue weighted by Gasteiger charge is -2.40. The predicted molar refractivity (Wildman–Crippen MR) is 96.1 cm³/mol. The van der Waals surface area contributed by atoms with Gasteiger partial charge in [0.15, 0.2) is 8.32 Å². The first-order valence-electron chi connectivity index (χ1n) is 8.10. The standard InChI is InChI=1S/C18H36O2Si/c1-10-17(20-21(8,9)18(5,6)7)16(4)13-15(3)14(2)11-12-19/h11,13,16-17,19H,10,12H2,1-9H3/b14-11+,15-13+/t16-,17+/m1/s1. The van der Waals surface area contributed by atoms with Gasteiger partial charge in [-0.1, -0.05) is 57.9 Å². The van der Waals surface area contributed by atoms with E-state index in [9.17, 15) is 0 Å². The quantitative estimate of drug-likeness (QED) is 0.510. The maximum atomic E-state index is 8.99. The number of aliphatic hydroxyl groups is 1. The van der Waals surface area contributed by atoms with Crippen LogP contribution in [0, 0.1) is 5.92 Å². The summed E-state index contributed by atoms with van der Waals surface area (Å²) in [6, 6.07) is 0. The Bertz CT molecular complexity index is 375. The molecule has 21 heavy (non-hydrogen) atoms. The van der Waals surface area contributed by atoms with Crippen LogP contribution in [0.5, 0.6) is 0 Å². The number of aliphatic hydroxyl groups excluding tert-OH is 1. The summed E-state index contributed by atoms with van der Waals surface area (Å²) in [5, 5.41) is 9.24. The molecular formula is C18H36O2Si. The van der Waals surface area contributed by atoms with Crippen molar-refractivity contribution in [2.24, 2.45) is 5.92 Å². The topological polar surface area (TPSA) is 29.5 Å². The molecule has 0 heterocycles. The highest BCUT2D eigenvalue weighted by Gasteiger charge is 2.39. The summed E-state index contributed by atoms with van der Waals surface area (Å²) >= 11 is 0. The molecule has 0 rings (SSSR count). The molecular weight excluding hydrogens is 276 g/mol. The van der Waals surface area contributed by atoms with Crippen molar-refractivity contribution >= 4 is 8.32 Å². The summed E-state index contributed by atoms with van der Waals surface area (Å²) < 4.78 is 6.58. The van der Waals surface area contributed by atoms with Gasteiger partial charge in [-0.25, -0.2) is 0 Å². The van der Waals surface area contributed by atoms with Crippen LogP contribution in [0.1, 0.15) is 54.9 Å². The number of hydrogen-bond donors (Lipinski definition) is 1. The summed E-state index contributed by atoms with van der Waals surface area (Å²) in [6.07, 6.45) is 5.43. The monoisotopic (exact) mass is 312 g/mol. The first-order valence-corrected chi connectivity index (χ1v) is 11.0. The van der Waals surface area contributed by atoms with Crippen LogP contribution < -0.4 is 0 Å². The van der Waals surface area contributed by atoms with E-state index in [1.165, 1.54) is 5.57 Å². The van der Waals surface area contributed by atoms with Crippen molar-refractivity contribution in [3.05, 3.63) is 23.3 Å². The molecule has 0 saturated carbocycles. The zero-order valence-electron chi connectivity index (χ0n) is 15.6. The third-order valence-electron chi connectivity index (χ3n) is 4.77. The van der Waals surface area contributed by atoms with E-state index in [0.717, 1.165) is 12.0 Å². The molecule has 0 aliphatic heterocycles. The van der Waals surface area contributed by atoms with E-state index in [4.69, 9.17) is 9.53 Å². The van der Waals surface area contributed by atoms with Gasteiger partial charge in [-0.3, -0.25) is 0 Å². The van der Waals surface area contributed by atoms with E-state index in [0.29, 0.717) is 5.92 Å². The second-order valence-corrected chi connectivity index (χ2v) is 12.4. The highest BCUT2D eigenvalue weighted by atomic mass is 28.4. The molecule has 0 saturated heterocycles. The Hall–Kier alpha value is -0.383. The van der Waals surface area contributed by atoms with Gasteiger partial charge in [0.2, 0.25) is 0 Å². The average molecular weight is 313 g/mol. The zero-order chi connectivity index (χ0) is 16.8. The van der Waals surface area contributed by atoms with Crippen molar-refractivity contribution < 1.29 is 9.53 Å². The maximum absolute atomic E-state index is 8.99. The third kappa shape index (κ3) is 6.49. The highest BCUT2D eigenvalue weighted by molar-refractivity contribution is 6.74. The molecule has 2 atom stereocenters. The van der Waals surface area contributed by atoms with Gasteiger partial charge in [0.25, 0.3) is 0 Å². The minimum atomic E-state index is -1.73. The molecule has 124 valence electrons. The van der Waals surface area contributed by atoms with Gasteiger partial charge in [-0.2, -0.15) is 0 Å². The normalized spacial score (nSPS) is 17.8. The van der Waals surface area contributed by atoms with E-state index < -0.39 is 8.32 Å². The molecule has 3 heteroatoms. The van der Waals surface area contributed by atoms with Crippen molar-refractivity contribution in [1.82, 2.24) is 0 Å². The number of allylic oxidation sites excluding steroid dienone is 2. The summed E-state index contributed by atoms with van der Waals surface area (Å²) in [5.41, 5.74) is 2.38. The van der Waals surface area contributed by atoms with E-state index in [1.807, 2.05) is 13.0 Å². The molecule has 0 aromatic rings. The van der Waals surface area contributed by atoms with E-state index in [2.05, 4.69) is 60.7 Å². The summed E-state index contributed by atoms with van der Waals surface area (Å²) in [5.74, 6) is 0.381. The van der Waals surface area contributed by atoms with E-state index >= 15 is 0 Å². The van der Waals surface area contributed by atoms with Crippen molar-refractivity contribution in [3.8, 4) is 0 Å². The number of rotatable bonds is 7. The maximum Gasteiger partial charge on any atom is 0.192 e. The molecule has 0 fully saturated rings. The number of hydrogen-bond acceptors (Lipinski definition) is 2. The first kappa shape index (κ1) is 20.6. The minimum absolute atomic E-state index is 0.100. The SMILES string of the molecule is CC[C@H](O[Si](C)(C)C(C)(C)C)[C@H](C)/C=C(C)/C(C)=C/CO. The molecule has 0 amide bonds. The van der Waals surface area contributed by atoms with Crippen molar-refractivity contribution in [2.75, 3.05) is 6.61 Å². The second kappa shape index (κ2) is 8.30. The largest absolute Gasteiger partial charge is 0.413 e. The lowest BCUT2D eigenvalue weighted by Crippen LogP contribution is -2.45. The van der Waals surface area contributed by atoms with Crippen LogP contribution in [0.15, 0.2) is 23.3 Å². The van der Waals surface area contributed by atoms with E-state index in [1.54, 1.807) is 0 Å². The van der Waals surface area contributed by atoms with Gasteiger partial charge >= 0.3 is 0 Å². The Morgan fingerprint density at radius 2 is 1.71 bits per heavy atom. The van der Waals surface area contributed by atoms with Gasteiger partial charge in [0.05, 0.1) is 12.7 Å². The summed E-state index contributed by atoms with van der Waals surface area (Å²) in [6.45, 7) is 20.2. The van der Waals surface area contributed by atoms with Gasteiger partial charge in [-0.05, 0) is 44.3 Å². The minimum Gasteiger partial charge on any atom is -0.413 e. The fraction of sp³-hybridized carbons (Fsp3) is 0.778. The van der Waals surface area contributed by atoms with Gasteiger partial charge in [0.1, 0.15) is 0 Å². The third-order valence-corrected chi connectivity index (χ3v) is 9.28. The molecule has 0 aromatic heterocycles. The smallest absolute Gasteiger partial charge is 0.192 e. The Morgan fingerprint density at radius 1 is 1.19 bits per heavy atom. The molecule has 0 bridgehead atoms. The molecule has 0 aliphatic rings. The van der Waals surface area contributed by atoms with Crippen LogP contribution in [0.3, 0.4) is 0 Å². The van der Waals surface area contributed by atoms with Crippen LogP contribution in [0.4, 0.5) is 0 Å². The Kier molecular flexibility index (Phi) is 8.15.